The van der Waals surface area contributed by atoms with Crippen LogP contribution in [0.3, 0.4) is 0 Å². The Morgan fingerprint density at radius 3 is 2.68 bits per heavy atom. The van der Waals surface area contributed by atoms with Gasteiger partial charge in [-0.05, 0) is 41.1 Å². The van der Waals surface area contributed by atoms with E-state index in [1.54, 1.807) is 18.2 Å². The minimum Gasteiger partial charge on any atom is -0.436 e. The van der Waals surface area contributed by atoms with Crippen LogP contribution < -0.4 is 5.32 Å². The van der Waals surface area contributed by atoms with Crippen molar-refractivity contribution in [2.45, 2.75) is 0 Å². The van der Waals surface area contributed by atoms with Gasteiger partial charge in [0.2, 0.25) is 12.3 Å². The van der Waals surface area contributed by atoms with Crippen LogP contribution in [0.1, 0.15) is 0 Å². The largest absolute Gasteiger partial charge is 0.436 e. The van der Waals surface area contributed by atoms with Crippen molar-refractivity contribution in [3.8, 4) is 11.5 Å². The first-order valence-electron chi connectivity index (χ1n) is 6.93. The molecule has 0 aliphatic heterocycles. The van der Waals surface area contributed by atoms with E-state index in [1.165, 1.54) is 5.39 Å². The Morgan fingerprint density at radius 2 is 1.82 bits per heavy atom. The van der Waals surface area contributed by atoms with Crippen LogP contribution in [-0.4, -0.2) is 11.4 Å². The molecule has 0 atom stereocenters. The molecule has 4 nitrogen and oxygen atoms in total. The van der Waals surface area contributed by atoms with Gasteiger partial charge in [0, 0.05) is 11.3 Å². The van der Waals surface area contributed by atoms with Crippen molar-refractivity contribution in [3.63, 3.8) is 0 Å². The molecule has 0 fully saturated rings. The van der Waals surface area contributed by atoms with Crippen molar-refractivity contribution < 1.29 is 9.21 Å². The maximum Gasteiger partial charge on any atom is 0.227 e. The van der Waals surface area contributed by atoms with Gasteiger partial charge in [0.25, 0.3) is 0 Å². The highest BCUT2D eigenvalue weighted by atomic mass is 16.3. The lowest BCUT2D eigenvalue weighted by atomic mass is 10.1. The number of aromatic nitrogens is 1. The Hall–Kier alpha value is -3.14. The summed E-state index contributed by atoms with van der Waals surface area (Å²) in [7, 11) is 0. The van der Waals surface area contributed by atoms with E-state index >= 15 is 0 Å². The summed E-state index contributed by atoms with van der Waals surface area (Å²) in [6, 6.07) is 19.7. The van der Waals surface area contributed by atoms with Gasteiger partial charge in [-0.15, -0.1) is 0 Å². The number of carbonyl (C=O) groups is 1. The van der Waals surface area contributed by atoms with Crippen molar-refractivity contribution in [2.24, 2.45) is 0 Å². The predicted octanol–water partition coefficient (Wildman–Crippen LogP) is 4.22. The summed E-state index contributed by atoms with van der Waals surface area (Å²) in [5.74, 6) is 0.573. The van der Waals surface area contributed by atoms with Crippen molar-refractivity contribution >= 4 is 34.0 Å². The normalized spacial score (nSPS) is 10.9. The Morgan fingerprint density at radius 1 is 0.955 bits per heavy atom. The lowest BCUT2D eigenvalue weighted by Crippen LogP contribution is -1.92. The van der Waals surface area contributed by atoms with Gasteiger partial charge in [0.1, 0.15) is 5.52 Å². The Kier molecular flexibility index (Phi) is 2.86. The van der Waals surface area contributed by atoms with Gasteiger partial charge >= 0.3 is 0 Å². The maximum atomic E-state index is 10.5. The summed E-state index contributed by atoms with van der Waals surface area (Å²) in [5.41, 5.74) is 3.04. The number of amides is 1. The number of oxazole rings is 1. The monoisotopic (exact) mass is 288 g/mol. The number of rotatable bonds is 3. The Balaban J connectivity index is 1.83. The second-order valence-corrected chi connectivity index (χ2v) is 5.03. The lowest BCUT2D eigenvalue weighted by Gasteiger charge is -1.99. The van der Waals surface area contributed by atoms with E-state index in [4.69, 9.17) is 4.42 Å². The maximum absolute atomic E-state index is 10.5. The van der Waals surface area contributed by atoms with Gasteiger partial charge in [-0.2, -0.15) is 0 Å². The molecule has 0 aliphatic rings. The van der Waals surface area contributed by atoms with Gasteiger partial charge < -0.3 is 9.73 Å². The molecule has 1 heterocycles. The quantitative estimate of drug-likeness (QED) is 0.574. The van der Waals surface area contributed by atoms with Gasteiger partial charge in [0.05, 0.1) is 0 Å². The first-order valence-corrected chi connectivity index (χ1v) is 6.93. The zero-order chi connectivity index (χ0) is 14.9. The standard InChI is InChI=1S/C18H12N2O2/c21-11-19-15-7-8-17-16(10-15)20-18(22-17)14-6-5-12-3-1-2-4-13(12)9-14/h1-11H,(H,19,21). The third-order valence-corrected chi connectivity index (χ3v) is 3.61. The van der Waals surface area contributed by atoms with Crippen LogP contribution in [0.4, 0.5) is 5.69 Å². The van der Waals surface area contributed by atoms with E-state index in [9.17, 15) is 4.79 Å². The highest BCUT2D eigenvalue weighted by Gasteiger charge is 2.09. The van der Waals surface area contributed by atoms with Crippen LogP contribution in [0, 0.1) is 0 Å². The second kappa shape index (κ2) is 5.00. The van der Waals surface area contributed by atoms with Crippen LogP contribution in [-0.2, 0) is 4.79 Å². The lowest BCUT2D eigenvalue weighted by molar-refractivity contribution is -0.105. The van der Waals surface area contributed by atoms with E-state index in [0.29, 0.717) is 23.6 Å². The number of nitrogens with zero attached hydrogens (tertiary/aromatic N) is 1. The number of hydrogen-bond donors (Lipinski definition) is 1. The second-order valence-electron chi connectivity index (χ2n) is 5.03. The highest BCUT2D eigenvalue weighted by Crippen LogP contribution is 2.28. The summed E-state index contributed by atoms with van der Waals surface area (Å²) in [5, 5.41) is 4.94. The molecule has 0 saturated carbocycles. The minimum atomic E-state index is 0.573. The SMILES string of the molecule is O=CNc1ccc2oc(-c3ccc4ccccc4c3)nc2c1. The summed E-state index contributed by atoms with van der Waals surface area (Å²) in [4.78, 5) is 15.0. The molecule has 4 heteroatoms. The van der Waals surface area contributed by atoms with E-state index < -0.39 is 0 Å². The van der Waals surface area contributed by atoms with Crippen LogP contribution in [0.25, 0.3) is 33.3 Å². The van der Waals surface area contributed by atoms with E-state index in [0.717, 1.165) is 16.5 Å². The molecular formula is C18H12N2O2. The number of carbonyl (C=O) groups excluding carboxylic acids is 1. The first kappa shape index (κ1) is 12.6. The summed E-state index contributed by atoms with van der Waals surface area (Å²) in [6.07, 6.45) is 0.644. The van der Waals surface area contributed by atoms with E-state index in [1.807, 2.05) is 18.2 Å². The number of anilines is 1. The average molecular weight is 288 g/mol. The molecular weight excluding hydrogens is 276 g/mol. The summed E-state index contributed by atoms with van der Waals surface area (Å²) in [6.45, 7) is 0. The zero-order valence-electron chi connectivity index (χ0n) is 11.6. The molecule has 0 spiro atoms. The molecule has 0 saturated heterocycles. The molecule has 0 bridgehead atoms. The molecule has 4 rings (SSSR count). The fourth-order valence-corrected chi connectivity index (χ4v) is 2.53. The van der Waals surface area contributed by atoms with Crippen LogP contribution in [0.2, 0.25) is 0 Å². The fourth-order valence-electron chi connectivity index (χ4n) is 2.53. The number of nitrogens with one attached hydrogen (secondary N) is 1. The predicted molar refractivity (Wildman–Crippen MR) is 86.6 cm³/mol. The third kappa shape index (κ3) is 2.11. The molecule has 4 aromatic rings. The Bertz CT molecular complexity index is 989. The summed E-state index contributed by atoms with van der Waals surface area (Å²) < 4.78 is 5.81. The van der Waals surface area contributed by atoms with Crippen molar-refractivity contribution in [1.82, 2.24) is 4.98 Å². The van der Waals surface area contributed by atoms with Crippen LogP contribution >= 0.6 is 0 Å². The van der Waals surface area contributed by atoms with Crippen LogP contribution in [0.15, 0.2) is 65.1 Å². The van der Waals surface area contributed by atoms with E-state index in [2.05, 4.69) is 34.6 Å². The molecule has 106 valence electrons. The average Bonchev–Trinajstić information content (AvgIpc) is 2.98. The third-order valence-electron chi connectivity index (χ3n) is 3.61. The molecule has 1 N–H and O–H groups in total. The molecule has 3 aromatic carbocycles. The molecule has 0 aliphatic carbocycles. The Labute approximate surface area is 126 Å². The molecule has 0 radical (unpaired) electrons. The van der Waals surface area contributed by atoms with Gasteiger partial charge in [-0.1, -0.05) is 30.3 Å². The number of benzene rings is 3. The van der Waals surface area contributed by atoms with Gasteiger partial charge in [-0.25, -0.2) is 4.98 Å². The van der Waals surface area contributed by atoms with Crippen LogP contribution in [0.5, 0.6) is 0 Å². The number of hydrogen-bond acceptors (Lipinski definition) is 3. The first-order chi connectivity index (χ1) is 10.8. The topological polar surface area (TPSA) is 55.1 Å². The van der Waals surface area contributed by atoms with Gasteiger partial charge in [0.15, 0.2) is 5.58 Å². The molecule has 22 heavy (non-hydrogen) atoms. The minimum absolute atomic E-state index is 0.573. The zero-order valence-corrected chi connectivity index (χ0v) is 11.6. The van der Waals surface area contributed by atoms with Gasteiger partial charge in [-0.3, -0.25) is 4.79 Å². The van der Waals surface area contributed by atoms with Crippen molar-refractivity contribution in [1.29, 1.82) is 0 Å². The molecule has 1 aromatic heterocycles. The smallest absolute Gasteiger partial charge is 0.227 e. The summed E-state index contributed by atoms with van der Waals surface area (Å²) >= 11 is 0. The van der Waals surface area contributed by atoms with Crippen molar-refractivity contribution in [2.75, 3.05) is 5.32 Å². The molecule has 0 unspecified atom stereocenters. The number of fused-ring (bicyclic) bond motifs is 2. The highest BCUT2D eigenvalue weighted by molar-refractivity contribution is 5.88. The van der Waals surface area contributed by atoms with Crippen molar-refractivity contribution in [3.05, 3.63) is 60.7 Å². The molecule has 1 amide bonds. The van der Waals surface area contributed by atoms with E-state index in [-0.39, 0.29) is 0 Å². The fraction of sp³-hybridized carbons (Fsp3) is 0.